The summed E-state index contributed by atoms with van der Waals surface area (Å²) in [4.78, 5) is 0.309. The van der Waals surface area contributed by atoms with E-state index < -0.39 is 20.6 Å². The standard InChI is InChI=1S/C18H20BrNO3S/c1-12-3-9-15(10-4-12)24(21,22)17-16(18(17,20)11-23-2)13-5-7-14(19)8-6-13/h3-10,16-17H,11,20H2,1-2H3/t16-,17+,18+/m1/s1. The van der Waals surface area contributed by atoms with E-state index in [4.69, 9.17) is 10.5 Å². The maximum Gasteiger partial charge on any atom is 0.183 e. The summed E-state index contributed by atoms with van der Waals surface area (Å²) in [6.07, 6.45) is 0. The van der Waals surface area contributed by atoms with Gasteiger partial charge in [-0.3, -0.25) is 0 Å². The lowest BCUT2D eigenvalue weighted by Gasteiger charge is -2.11. The highest BCUT2D eigenvalue weighted by molar-refractivity contribution is 9.10. The van der Waals surface area contributed by atoms with Gasteiger partial charge in [-0.05, 0) is 36.8 Å². The molecule has 2 N–H and O–H groups in total. The molecule has 0 saturated heterocycles. The van der Waals surface area contributed by atoms with Gasteiger partial charge < -0.3 is 10.5 Å². The molecule has 1 saturated carbocycles. The van der Waals surface area contributed by atoms with E-state index in [-0.39, 0.29) is 12.5 Å². The summed E-state index contributed by atoms with van der Waals surface area (Å²) in [5.41, 5.74) is 7.48. The largest absolute Gasteiger partial charge is 0.383 e. The van der Waals surface area contributed by atoms with Crippen LogP contribution in [-0.4, -0.2) is 32.9 Å². The second-order valence-corrected chi connectivity index (χ2v) is 9.34. The van der Waals surface area contributed by atoms with Crippen LogP contribution < -0.4 is 5.73 Å². The van der Waals surface area contributed by atoms with E-state index in [0.29, 0.717) is 4.90 Å². The lowest BCUT2D eigenvalue weighted by molar-refractivity contribution is 0.171. The van der Waals surface area contributed by atoms with Crippen molar-refractivity contribution in [2.45, 2.75) is 28.5 Å². The van der Waals surface area contributed by atoms with Gasteiger partial charge in [0.15, 0.2) is 9.84 Å². The molecule has 0 heterocycles. The van der Waals surface area contributed by atoms with Crippen LogP contribution in [0.3, 0.4) is 0 Å². The molecular formula is C18H20BrNO3S. The molecule has 2 aromatic rings. The summed E-state index contributed by atoms with van der Waals surface area (Å²) >= 11 is 3.40. The minimum Gasteiger partial charge on any atom is -0.383 e. The molecule has 1 aliphatic rings. The van der Waals surface area contributed by atoms with Crippen LogP contribution in [0, 0.1) is 6.92 Å². The molecule has 0 radical (unpaired) electrons. The fourth-order valence-corrected chi connectivity index (χ4v) is 5.90. The van der Waals surface area contributed by atoms with E-state index in [1.165, 1.54) is 0 Å². The van der Waals surface area contributed by atoms with Crippen molar-refractivity contribution in [1.82, 2.24) is 0 Å². The van der Waals surface area contributed by atoms with Gasteiger partial charge in [-0.2, -0.15) is 0 Å². The van der Waals surface area contributed by atoms with Crippen molar-refractivity contribution in [3.8, 4) is 0 Å². The highest BCUT2D eigenvalue weighted by atomic mass is 79.9. The van der Waals surface area contributed by atoms with Crippen LogP contribution in [-0.2, 0) is 14.6 Å². The Labute approximate surface area is 151 Å². The molecule has 3 atom stereocenters. The SMILES string of the molecule is COC[C@]1(N)[C@H](c2ccc(Br)cc2)[C@@H]1S(=O)(=O)c1ccc(C)cc1. The second-order valence-electron chi connectivity index (χ2n) is 6.35. The Morgan fingerprint density at radius 1 is 1.12 bits per heavy atom. The molecule has 1 aliphatic carbocycles. The fourth-order valence-electron chi connectivity index (χ4n) is 3.34. The van der Waals surface area contributed by atoms with Crippen molar-refractivity contribution < 1.29 is 13.2 Å². The van der Waals surface area contributed by atoms with Gasteiger partial charge in [0, 0.05) is 17.5 Å². The Kier molecular flexibility index (Phi) is 4.59. The van der Waals surface area contributed by atoms with Crippen molar-refractivity contribution in [2.24, 2.45) is 5.73 Å². The first-order valence-corrected chi connectivity index (χ1v) is 9.98. The van der Waals surface area contributed by atoms with Crippen LogP contribution in [0.5, 0.6) is 0 Å². The predicted molar refractivity (Wildman–Crippen MR) is 97.8 cm³/mol. The number of nitrogens with two attached hydrogens (primary N) is 1. The highest BCUT2D eigenvalue weighted by Crippen LogP contribution is 2.55. The third kappa shape index (κ3) is 2.92. The molecule has 2 aromatic carbocycles. The van der Waals surface area contributed by atoms with Gasteiger partial charge >= 0.3 is 0 Å². The lowest BCUT2D eigenvalue weighted by atomic mass is 10.1. The molecule has 3 rings (SSSR count). The zero-order chi connectivity index (χ0) is 17.5. The molecule has 0 aliphatic heterocycles. The second kappa shape index (κ2) is 6.26. The zero-order valence-corrected chi connectivity index (χ0v) is 16.0. The van der Waals surface area contributed by atoms with Crippen molar-refractivity contribution in [3.63, 3.8) is 0 Å². The quantitative estimate of drug-likeness (QED) is 0.823. The third-order valence-electron chi connectivity index (χ3n) is 4.61. The molecule has 128 valence electrons. The molecule has 0 aromatic heterocycles. The number of aryl methyl sites for hydroxylation is 1. The van der Waals surface area contributed by atoms with Crippen molar-refractivity contribution in [2.75, 3.05) is 13.7 Å². The maximum absolute atomic E-state index is 13.1. The van der Waals surface area contributed by atoms with Gasteiger partial charge in [0.25, 0.3) is 0 Å². The number of hydrogen-bond acceptors (Lipinski definition) is 4. The Hall–Kier alpha value is -1.21. The molecule has 0 bridgehead atoms. The Bertz CT molecular complexity index is 834. The molecule has 4 nitrogen and oxygen atoms in total. The highest BCUT2D eigenvalue weighted by Gasteiger charge is 2.69. The number of ether oxygens (including phenoxy) is 1. The molecule has 0 amide bonds. The lowest BCUT2D eigenvalue weighted by Crippen LogP contribution is -2.35. The summed E-state index contributed by atoms with van der Waals surface area (Å²) in [5.74, 6) is -0.281. The first-order valence-electron chi connectivity index (χ1n) is 7.64. The van der Waals surface area contributed by atoms with Crippen molar-refractivity contribution in [3.05, 3.63) is 64.1 Å². The van der Waals surface area contributed by atoms with E-state index in [1.54, 1.807) is 31.4 Å². The van der Waals surface area contributed by atoms with Crippen molar-refractivity contribution >= 4 is 25.8 Å². The van der Waals surface area contributed by atoms with Crippen LogP contribution in [0.1, 0.15) is 17.0 Å². The number of methoxy groups -OCH3 is 1. The molecule has 0 spiro atoms. The Morgan fingerprint density at radius 2 is 1.71 bits per heavy atom. The summed E-state index contributed by atoms with van der Waals surface area (Å²) < 4.78 is 32.4. The van der Waals surface area contributed by atoms with Crippen LogP contribution in [0.2, 0.25) is 0 Å². The number of rotatable bonds is 5. The van der Waals surface area contributed by atoms with E-state index in [1.807, 2.05) is 31.2 Å². The monoisotopic (exact) mass is 409 g/mol. The minimum atomic E-state index is -3.54. The molecular weight excluding hydrogens is 390 g/mol. The van der Waals surface area contributed by atoms with Gasteiger partial charge in [0.2, 0.25) is 0 Å². The van der Waals surface area contributed by atoms with Gasteiger partial charge in [-0.15, -0.1) is 0 Å². The first-order chi connectivity index (χ1) is 11.3. The minimum absolute atomic E-state index is 0.198. The van der Waals surface area contributed by atoms with E-state index in [0.717, 1.165) is 15.6 Å². The zero-order valence-electron chi connectivity index (χ0n) is 13.6. The summed E-state index contributed by atoms with van der Waals surface area (Å²) in [5, 5.41) is -0.686. The molecule has 6 heteroatoms. The van der Waals surface area contributed by atoms with Crippen molar-refractivity contribution in [1.29, 1.82) is 0 Å². The first kappa shape index (κ1) is 17.6. The molecule has 24 heavy (non-hydrogen) atoms. The number of benzene rings is 2. The Balaban J connectivity index is 2.01. The maximum atomic E-state index is 13.1. The summed E-state index contributed by atoms with van der Waals surface area (Å²) in [6.45, 7) is 2.12. The van der Waals surface area contributed by atoms with Crippen LogP contribution in [0.25, 0.3) is 0 Å². The van der Waals surface area contributed by atoms with E-state index >= 15 is 0 Å². The number of halogens is 1. The topological polar surface area (TPSA) is 69.4 Å². The molecule has 1 fully saturated rings. The average Bonchev–Trinajstić information content (AvgIpc) is 3.15. The van der Waals surface area contributed by atoms with Gasteiger partial charge in [0.1, 0.15) is 0 Å². The Morgan fingerprint density at radius 3 is 2.25 bits per heavy atom. The van der Waals surface area contributed by atoms with Gasteiger partial charge in [-0.1, -0.05) is 45.8 Å². The smallest absolute Gasteiger partial charge is 0.183 e. The fraction of sp³-hybridized carbons (Fsp3) is 0.333. The third-order valence-corrected chi connectivity index (χ3v) is 7.45. The predicted octanol–water partition coefficient (Wildman–Crippen LogP) is 3.04. The number of hydrogen-bond donors (Lipinski definition) is 1. The summed E-state index contributed by atoms with van der Waals surface area (Å²) in [6, 6.07) is 14.5. The number of sulfone groups is 1. The van der Waals surface area contributed by atoms with Crippen LogP contribution in [0.15, 0.2) is 57.9 Å². The normalized spacial score (nSPS) is 26.3. The van der Waals surface area contributed by atoms with E-state index in [2.05, 4.69) is 15.9 Å². The molecule has 0 unspecified atom stereocenters. The van der Waals surface area contributed by atoms with Crippen LogP contribution in [0.4, 0.5) is 0 Å². The van der Waals surface area contributed by atoms with Crippen LogP contribution >= 0.6 is 15.9 Å². The van der Waals surface area contributed by atoms with Gasteiger partial charge in [0.05, 0.1) is 22.3 Å². The van der Waals surface area contributed by atoms with E-state index in [9.17, 15) is 8.42 Å². The van der Waals surface area contributed by atoms with Gasteiger partial charge in [-0.25, -0.2) is 8.42 Å². The average molecular weight is 410 g/mol. The summed E-state index contributed by atoms with van der Waals surface area (Å²) in [7, 11) is -1.99.